The molecule has 1 fully saturated rings. The van der Waals surface area contributed by atoms with E-state index in [-0.39, 0.29) is 0 Å². The largest absolute Gasteiger partial charge is 0.440 e. The molecule has 1 heterocycles. The van der Waals surface area contributed by atoms with E-state index < -0.39 is 0 Å². The molecular weight excluding hydrogens is 162 g/mol. The lowest BCUT2D eigenvalue weighted by Crippen LogP contribution is -1.75. The molecule has 3 rings (SSSR count). The Morgan fingerprint density at radius 3 is 3.00 bits per heavy atom. The van der Waals surface area contributed by atoms with Crippen LogP contribution >= 0.6 is 0 Å². The monoisotopic (exact) mass is 173 g/mol. The van der Waals surface area contributed by atoms with Crippen LogP contribution in [0.3, 0.4) is 0 Å². The number of nitrogens with zero attached hydrogens (tertiary/aromatic N) is 1. The van der Waals surface area contributed by atoms with Crippen molar-refractivity contribution in [3.63, 3.8) is 0 Å². The molecule has 0 atom stereocenters. The second-order valence-electron chi connectivity index (χ2n) is 3.80. The van der Waals surface area contributed by atoms with Crippen LogP contribution in [0.15, 0.2) is 22.6 Å². The fourth-order valence-electron chi connectivity index (χ4n) is 1.55. The van der Waals surface area contributed by atoms with E-state index in [0.29, 0.717) is 5.92 Å². The van der Waals surface area contributed by atoms with Gasteiger partial charge in [0.15, 0.2) is 11.5 Å². The molecule has 1 saturated carbocycles. The van der Waals surface area contributed by atoms with Crippen LogP contribution in [0.25, 0.3) is 11.1 Å². The zero-order valence-corrected chi connectivity index (χ0v) is 7.58. The van der Waals surface area contributed by atoms with Crippen LogP contribution in [0, 0.1) is 6.92 Å². The molecule has 0 N–H and O–H groups in total. The van der Waals surface area contributed by atoms with Crippen LogP contribution < -0.4 is 0 Å². The van der Waals surface area contributed by atoms with Crippen molar-refractivity contribution in [3.8, 4) is 0 Å². The van der Waals surface area contributed by atoms with Gasteiger partial charge in [0, 0.05) is 5.92 Å². The molecule has 13 heavy (non-hydrogen) atoms. The van der Waals surface area contributed by atoms with Gasteiger partial charge in [0.1, 0.15) is 5.52 Å². The van der Waals surface area contributed by atoms with Crippen LogP contribution in [0.4, 0.5) is 0 Å². The summed E-state index contributed by atoms with van der Waals surface area (Å²) in [7, 11) is 0. The number of oxazole rings is 1. The quantitative estimate of drug-likeness (QED) is 0.662. The van der Waals surface area contributed by atoms with Crippen LogP contribution in [-0.4, -0.2) is 4.98 Å². The predicted molar refractivity (Wildman–Crippen MR) is 50.7 cm³/mol. The fraction of sp³-hybridized carbons (Fsp3) is 0.364. The summed E-state index contributed by atoms with van der Waals surface area (Å²) < 4.78 is 5.66. The Bertz CT molecular complexity index is 454. The summed E-state index contributed by atoms with van der Waals surface area (Å²) in [5.74, 6) is 1.54. The van der Waals surface area contributed by atoms with Crippen molar-refractivity contribution < 1.29 is 4.42 Å². The summed E-state index contributed by atoms with van der Waals surface area (Å²) >= 11 is 0. The van der Waals surface area contributed by atoms with Crippen LogP contribution in [0.2, 0.25) is 0 Å². The summed E-state index contributed by atoms with van der Waals surface area (Å²) in [4.78, 5) is 4.45. The van der Waals surface area contributed by atoms with E-state index in [2.05, 4.69) is 18.0 Å². The first kappa shape index (κ1) is 7.13. The molecule has 1 aliphatic rings. The van der Waals surface area contributed by atoms with Gasteiger partial charge < -0.3 is 4.42 Å². The minimum Gasteiger partial charge on any atom is -0.440 e. The summed E-state index contributed by atoms with van der Waals surface area (Å²) in [6, 6.07) is 6.15. The highest BCUT2D eigenvalue weighted by atomic mass is 16.3. The molecule has 1 aromatic carbocycles. The first-order chi connectivity index (χ1) is 6.33. The average molecular weight is 173 g/mol. The van der Waals surface area contributed by atoms with E-state index in [1.54, 1.807) is 0 Å². The van der Waals surface area contributed by atoms with Gasteiger partial charge in [-0.25, -0.2) is 4.98 Å². The van der Waals surface area contributed by atoms with Gasteiger partial charge in [0.05, 0.1) is 0 Å². The van der Waals surface area contributed by atoms with Gasteiger partial charge in [-0.05, 0) is 37.5 Å². The molecule has 2 nitrogen and oxygen atoms in total. The van der Waals surface area contributed by atoms with Crippen molar-refractivity contribution in [3.05, 3.63) is 29.7 Å². The summed E-state index contributed by atoms with van der Waals surface area (Å²) in [5, 5.41) is 0. The summed E-state index contributed by atoms with van der Waals surface area (Å²) in [6.45, 7) is 2.07. The highest BCUT2D eigenvalue weighted by molar-refractivity contribution is 5.73. The molecule has 2 heteroatoms. The third-order valence-electron chi connectivity index (χ3n) is 2.49. The Labute approximate surface area is 76.6 Å². The molecule has 2 aromatic rings. The van der Waals surface area contributed by atoms with Crippen molar-refractivity contribution in [1.82, 2.24) is 4.98 Å². The maximum absolute atomic E-state index is 5.66. The standard InChI is InChI=1S/C11H11NO/c1-7-2-5-9-10(6-7)13-11(12-9)8-3-4-8/h2,5-6,8H,3-4H2,1H3. The molecule has 66 valence electrons. The van der Waals surface area contributed by atoms with Crippen molar-refractivity contribution in [2.75, 3.05) is 0 Å². The first-order valence-electron chi connectivity index (χ1n) is 4.70. The van der Waals surface area contributed by atoms with Gasteiger partial charge in [-0.15, -0.1) is 0 Å². The number of aryl methyl sites for hydroxylation is 1. The minimum absolute atomic E-state index is 0.604. The lowest BCUT2D eigenvalue weighted by atomic mass is 10.2. The van der Waals surface area contributed by atoms with Gasteiger partial charge in [-0.2, -0.15) is 0 Å². The van der Waals surface area contributed by atoms with Gasteiger partial charge in [-0.1, -0.05) is 6.07 Å². The van der Waals surface area contributed by atoms with Gasteiger partial charge >= 0.3 is 0 Å². The topological polar surface area (TPSA) is 26.0 Å². The Hall–Kier alpha value is -1.31. The molecular formula is C11H11NO. The zero-order valence-electron chi connectivity index (χ0n) is 7.58. The Balaban J connectivity index is 2.20. The maximum Gasteiger partial charge on any atom is 0.198 e. The summed E-state index contributed by atoms with van der Waals surface area (Å²) in [5.41, 5.74) is 3.15. The van der Waals surface area contributed by atoms with E-state index in [9.17, 15) is 0 Å². The van der Waals surface area contributed by atoms with E-state index in [4.69, 9.17) is 4.42 Å². The number of benzene rings is 1. The predicted octanol–water partition coefficient (Wildman–Crippen LogP) is 3.01. The lowest BCUT2D eigenvalue weighted by molar-refractivity contribution is 0.533. The Kier molecular flexibility index (Phi) is 1.29. The number of hydrogen-bond donors (Lipinski definition) is 0. The molecule has 0 amide bonds. The Morgan fingerprint density at radius 2 is 2.23 bits per heavy atom. The van der Waals surface area contributed by atoms with E-state index >= 15 is 0 Å². The highest BCUT2D eigenvalue weighted by Crippen LogP contribution is 2.40. The van der Waals surface area contributed by atoms with Gasteiger partial charge in [0.25, 0.3) is 0 Å². The summed E-state index contributed by atoms with van der Waals surface area (Å²) in [6.07, 6.45) is 2.48. The molecule has 0 unspecified atom stereocenters. The number of fused-ring (bicyclic) bond motifs is 1. The van der Waals surface area contributed by atoms with Crippen LogP contribution in [0.1, 0.15) is 30.2 Å². The average Bonchev–Trinajstić information content (AvgIpc) is 2.87. The van der Waals surface area contributed by atoms with Crippen LogP contribution in [-0.2, 0) is 0 Å². The molecule has 0 bridgehead atoms. The van der Waals surface area contributed by atoms with Crippen molar-refractivity contribution in [2.24, 2.45) is 0 Å². The van der Waals surface area contributed by atoms with E-state index in [1.165, 1.54) is 18.4 Å². The van der Waals surface area contributed by atoms with Gasteiger partial charge in [-0.3, -0.25) is 0 Å². The van der Waals surface area contributed by atoms with Crippen LogP contribution in [0.5, 0.6) is 0 Å². The first-order valence-corrected chi connectivity index (χ1v) is 4.70. The number of hydrogen-bond acceptors (Lipinski definition) is 2. The maximum atomic E-state index is 5.66. The third-order valence-corrected chi connectivity index (χ3v) is 2.49. The van der Waals surface area contributed by atoms with Crippen molar-refractivity contribution >= 4 is 11.1 Å². The highest BCUT2D eigenvalue weighted by Gasteiger charge is 2.28. The van der Waals surface area contributed by atoms with E-state index in [1.807, 2.05) is 12.1 Å². The minimum atomic E-state index is 0.604. The normalized spacial score (nSPS) is 16.7. The third kappa shape index (κ3) is 1.13. The van der Waals surface area contributed by atoms with Crippen molar-refractivity contribution in [1.29, 1.82) is 0 Å². The molecule has 1 aliphatic carbocycles. The molecule has 1 aromatic heterocycles. The van der Waals surface area contributed by atoms with E-state index in [0.717, 1.165) is 17.0 Å². The smallest absolute Gasteiger partial charge is 0.198 e. The zero-order chi connectivity index (χ0) is 8.84. The molecule has 0 radical (unpaired) electrons. The van der Waals surface area contributed by atoms with Crippen molar-refractivity contribution in [2.45, 2.75) is 25.7 Å². The molecule has 0 spiro atoms. The second kappa shape index (κ2) is 2.34. The lowest BCUT2D eigenvalue weighted by Gasteiger charge is -1.88. The Morgan fingerprint density at radius 1 is 1.38 bits per heavy atom. The fourth-order valence-corrected chi connectivity index (χ4v) is 1.55. The SMILES string of the molecule is Cc1ccc2nc(C3CC3)oc2c1. The second-order valence-corrected chi connectivity index (χ2v) is 3.80. The molecule has 0 aliphatic heterocycles. The number of aromatic nitrogens is 1. The van der Waals surface area contributed by atoms with Gasteiger partial charge in [0.2, 0.25) is 0 Å². The molecule has 0 saturated heterocycles. The number of rotatable bonds is 1.